The van der Waals surface area contributed by atoms with Gasteiger partial charge in [0.25, 0.3) is 0 Å². The molecule has 1 aliphatic carbocycles. The fourth-order valence-electron chi connectivity index (χ4n) is 2.80. The first-order valence-electron chi connectivity index (χ1n) is 7.18. The summed E-state index contributed by atoms with van der Waals surface area (Å²) in [6.07, 6.45) is 2.88. The number of carbonyl (C=O) groups excluding carboxylic acids is 1. The van der Waals surface area contributed by atoms with E-state index in [2.05, 4.69) is 16.4 Å². The summed E-state index contributed by atoms with van der Waals surface area (Å²) < 4.78 is 0. The van der Waals surface area contributed by atoms with Crippen LogP contribution >= 0.6 is 11.3 Å². The molecule has 0 spiro atoms. The molecule has 2 N–H and O–H groups in total. The molecular weight excluding hydrogens is 300 g/mol. The third kappa shape index (κ3) is 3.01. The van der Waals surface area contributed by atoms with Gasteiger partial charge in [0.1, 0.15) is 5.01 Å². The van der Waals surface area contributed by atoms with Crippen molar-refractivity contribution in [2.75, 3.05) is 0 Å². The SMILES string of the molecule is O=C(O)c1csc(CNC(=O)C2CCCc3ccccc32)n1. The Morgan fingerprint density at radius 1 is 1.36 bits per heavy atom. The van der Waals surface area contributed by atoms with Gasteiger partial charge in [-0.1, -0.05) is 24.3 Å². The standard InChI is InChI=1S/C16H16N2O3S/c19-15(17-8-14-18-13(9-22-14)16(20)21)12-7-3-5-10-4-1-2-6-11(10)12/h1-2,4,6,9,12H,3,5,7-8H2,(H,17,19)(H,20,21). The smallest absolute Gasteiger partial charge is 0.355 e. The maximum atomic E-state index is 12.4. The zero-order chi connectivity index (χ0) is 15.5. The Bertz CT molecular complexity index is 711. The van der Waals surface area contributed by atoms with Gasteiger partial charge < -0.3 is 10.4 Å². The first kappa shape index (κ1) is 14.7. The lowest BCUT2D eigenvalue weighted by Crippen LogP contribution is -2.31. The van der Waals surface area contributed by atoms with Gasteiger partial charge in [0.15, 0.2) is 5.69 Å². The van der Waals surface area contributed by atoms with Crippen LogP contribution in [0.1, 0.15) is 45.4 Å². The van der Waals surface area contributed by atoms with Crippen molar-refractivity contribution in [2.24, 2.45) is 0 Å². The van der Waals surface area contributed by atoms with Crippen LogP contribution in [-0.2, 0) is 17.8 Å². The van der Waals surface area contributed by atoms with E-state index >= 15 is 0 Å². The number of hydrogen-bond acceptors (Lipinski definition) is 4. The minimum absolute atomic E-state index is 0.0146. The van der Waals surface area contributed by atoms with Gasteiger partial charge in [-0.25, -0.2) is 9.78 Å². The molecule has 1 aromatic carbocycles. The second-order valence-corrected chi connectivity index (χ2v) is 6.24. The molecule has 1 atom stereocenters. The first-order valence-corrected chi connectivity index (χ1v) is 8.06. The predicted octanol–water partition coefficient (Wildman–Crippen LogP) is 2.58. The van der Waals surface area contributed by atoms with Gasteiger partial charge in [-0.2, -0.15) is 0 Å². The minimum Gasteiger partial charge on any atom is -0.476 e. The van der Waals surface area contributed by atoms with E-state index in [9.17, 15) is 9.59 Å². The van der Waals surface area contributed by atoms with Crippen molar-refractivity contribution < 1.29 is 14.7 Å². The second kappa shape index (κ2) is 6.27. The Labute approximate surface area is 132 Å². The lowest BCUT2D eigenvalue weighted by molar-refractivity contribution is -0.123. The molecule has 0 radical (unpaired) electrons. The lowest BCUT2D eigenvalue weighted by atomic mass is 9.82. The molecule has 0 saturated heterocycles. The molecule has 114 valence electrons. The van der Waals surface area contributed by atoms with Crippen LogP contribution in [0.5, 0.6) is 0 Å². The van der Waals surface area contributed by atoms with Crippen molar-refractivity contribution in [3.63, 3.8) is 0 Å². The monoisotopic (exact) mass is 316 g/mol. The average molecular weight is 316 g/mol. The molecule has 0 saturated carbocycles. The number of aromatic nitrogens is 1. The molecule has 1 heterocycles. The Kier molecular flexibility index (Phi) is 4.20. The summed E-state index contributed by atoms with van der Waals surface area (Å²) in [5.74, 6) is -1.18. The van der Waals surface area contributed by atoms with Crippen molar-refractivity contribution in [3.8, 4) is 0 Å². The Hall–Kier alpha value is -2.21. The number of aromatic carboxylic acids is 1. The third-order valence-corrected chi connectivity index (χ3v) is 4.72. The molecule has 2 aromatic rings. The summed E-state index contributed by atoms with van der Waals surface area (Å²) in [6, 6.07) is 8.06. The van der Waals surface area contributed by atoms with Gasteiger partial charge in [-0.05, 0) is 30.4 Å². The molecule has 1 aromatic heterocycles. The largest absolute Gasteiger partial charge is 0.476 e. The first-order chi connectivity index (χ1) is 10.6. The van der Waals surface area contributed by atoms with E-state index in [1.807, 2.05) is 18.2 Å². The second-order valence-electron chi connectivity index (χ2n) is 5.29. The zero-order valence-electron chi connectivity index (χ0n) is 11.9. The quantitative estimate of drug-likeness (QED) is 0.908. The normalized spacial score (nSPS) is 16.8. The highest BCUT2D eigenvalue weighted by Gasteiger charge is 2.26. The van der Waals surface area contributed by atoms with Gasteiger partial charge in [0.2, 0.25) is 5.91 Å². The van der Waals surface area contributed by atoms with Crippen LogP contribution in [0.3, 0.4) is 0 Å². The van der Waals surface area contributed by atoms with Crippen LogP contribution < -0.4 is 5.32 Å². The van der Waals surface area contributed by atoms with Gasteiger partial charge in [-0.15, -0.1) is 11.3 Å². The molecule has 0 bridgehead atoms. The Morgan fingerprint density at radius 3 is 2.95 bits per heavy atom. The van der Waals surface area contributed by atoms with Crippen LogP contribution in [0.15, 0.2) is 29.6 Å². The van der Waals surface area contributed by atoms with Gasteiger partial charge in [0, 0.05) is 5.38 Å². The van der Waals surface area contributed by atoms with Gasteiger partial charge >= 0.3 is 5.97 Å². The summed E-state index contributed by atoms with van der Waals surface area (Å²) in [7, 11) is 0. The summed E-state index contributed by atoms with van der Waals surface area (Å²) in [5, 5.41) is 13.8. The van der Waals surface area contributed by atoms with Crippen molar-refractivity contribution in [3.05, 3.63) is 51.5 Å². The number of fused-ring (bicyclic) bond motifs is 1. The van der Waals surface area contributed by atoms with E-state index in [1.165, 1.54) is 22.3 Å². The number of thiazole rings is 1. The molecule has 0 aliphatic heterocycles. The number of carboxylic acids is 1. The topological polar surface area (TPSA) is 79.3 Å². The number of carbonyl (C=O) groups is 2. The molecular formula is C16H16N2O3S. The number of rotatable bonds is 4. The molecule has 1 amide bonds. The number of nitrogens with zero attached hydrogens (tertiary/aromatic N) is 1. The van der Waals surface area contributed by atoms with Gasteiger partial charge in [-0.3, -0.25) is 4.79 Å². The van der Waals surface area contributed by atoms with E-state index in [4.69, 9.17) is 5.11 Å². The fourth-order valence-corrected chi connectivity index (χ4v) is 3.51. The molecule has 1 aliphatic rings. The predicted molar refractivity (Wildman–Crippen MR) is 83.0 cm³/mol. The number of hydrogen-bond donors (Lipinski definition) is 2. The third-order valence-electron chi connectivity index (χ3n) is 3.87. The summed E-state index contributed by atoms with van der Waals surface area (Å²) in [4.78, 5) is 27.2. The van der Waals surface area contributed by atoms with Crippen LogP contribution in [0.4, 0.5) is 0 Å². The van der Waals surface area contributed by atoms with Gasteiger partial charge in [0.05, 0.1) is 12.5 Å². The fraction of sp³-hybridized carbons (Fsp3) is 0.312. The molecule has 3 rings (SSSR count). The van der Waals surface area contributed by atoms with Crippen LogP contribution in [-0.4, -0.2) is 22.0 Å². The van der Waals surface area contributed by atoms with Crippen molar-refractivity contribution in [1.82, 2.24) is 10.3 Å². The maximum Gasteiger partial charge on any atom is 0.355 e. The van der Waals surface area contributed by atoms with Crippen LogP contribution in [0, 0.1) is 0 Å². The van der Waals surface area contributed by atoms with Crippen LogP contribution in [0.2, 0.25) is 0 Å². The summed E-state index contributed by atoms with van der Waals surface area (Å²) >= 11 is 1.25. The van der Waals surface area contributed by atoms with Crippen molar-refractivity contribution in [2.45, 2.75) is 31.7 Å². The number of aryl methyl sites for hydroxylation is 1. The Balaban J connectivity index is 1.66. The average Bonchev–Trinajstić information content (AvgIpc) is 3.01. The molecule has 1 unspecified atom stereocenters. The molecule has 0 fully saturated rings. The number of nitrogens with one attached hydrogen (secondary N) is 1. The van der Waals surface area contributed by atoms with E-state index in [0.29, 0.717) is 5.01 Å². The number of benzene rings is 1. The zero-order valence-corrected chi connectivity index (χ0v) is 12.7. The highest BCUT2D eigenvalue weighted by molar-refractivity contribution is 7.09. The minimum atomic E-state index is -1.05. The summed E-state index contributed by atoms with van der Waals surface area (Å²) in [6.45, 7) is 0.273. The van der Waals surface area contributed by atoms with Crippen molar-refractivity contribution >= 4 is 23.2 Å². The number of carboxylic acid groups (broad SMARTS) is 1. The van der Waals surface area contributed by atoms with Crippen LogP contribution in [0.25, 0.3) is 0 Å². The van der Waals surface area contributed by atoms with E-state index in [1.54, 1.807) is 0 Å². The molecule has 22 heavy (non-hydrogen) atoms. The molecule has 6 heteroatoms. The van der Waals surface area contributed by atoms with E-state index < -0.39 is 5.97 Å². The Morgan fingerprint density at radius 2 is 2.18 bits per heavy atom. The van der Waals surface area contributed by atoms with E-state index in [0.717, 1.165) is 24.8 Å². The maximum absolute atomic E-state index is 12.4. The summed E-state index contributed by atoms with van der Waals surface area (Å²) in [5.41, 5.74) is 2.38. The highest BCUT2D eigenvalue weighted by Crippen LogP contribution is 2.31. The molecule has 5 nitrogen and oxygen atoms in total. The lowest BCUT2D eigenvalue weighted by Gasteiger charge is -2.24. The van der Waals surface area contributed by atoms with Crippen molar-refractivity contribution in [1.29, 1.82) is 0 Å². The highest BCUT2D eigenvalue weighted by atomic mass is 32.1. The van der Waals surface area contributed by atoms with E-state index in [-0.39, 0.29) is 24.1 Å². The number of amides is 1.